The Morgan fingerprint density at radius 1 is 0.963 bits per heavy atom. The Morgan fingerprint density at radius 3 is 2.11 bits per heavy atom. The minimum absolute atomic E-state index is 0.300. The van der Waals surface area contributed by atoms with Crippen molar-refractivity contribution in [3.8, 4) is 0 Å². The third-order valence-electron chi connectivity index (χ3n) is 6.33. The summed E-state index contributed by atoms with van der Waals surface area (Å²) in [6.07, 6.45) is -0.344. The first-order chi connectivity index (χ1) is 13.1. The Morgan fingerprint density at radius 2 is 1.56 bits per heavy atom. The zero-order valence-corrected chi connectivity index (χ0v) is 14.7. The van der Waals surface area contributed by atoms with E-state index >= 15 is 0 Å². The van der Waals surface area contributed by atoms with E-state index in [4.69, 9.17) is 4.74 Å². The van der Waals surface area contributed by atoms with Gasteiger partial charge < -0.3 is 25.2 Å². The molecule has 8 nitrogen and oxygen atoms in total. The van der Waals surface area contributed by atoms with E-state index in [2.05, 4.69) is 27.0 Å². The summed E-state index contributed by atoms with van der Waals surface area (Å²) in [6.45, 7) is 1.07. The highest BCUT2D eigenvalue weighted by atomic mass is 16.6. The number of aliphatic hydroxyl groups excluding tert-OH is 4. The molecular weight excluding hydrogens is 350 g/mol. The Balaban J connectivity index is 1.46. The fourth-order valence-corrected chi connectivity index (χ4v) is 5.01. The van der Waals surface area contributed by atoms with Crippen molar-refractivity contribution in [2.75, 3.05) is 19.7 Å². The molecule has 1 aromatic carbocycles. The second-order valence-electron chi connectivity index (χ2n) is 7.85. The van der Waals surface area contributed by atoms with Gasteiger partial charge in [0, 0.05) is 25.5 Å². The number of rotatable bonds is 2. The van der Waals surface area contributed by atoms with Crippen molar-refractivity contribution < 1.29 is 25.2 Å². The van der Waals surface area contributed by atoms with Crippen molar-refractivity contribution in [1.29, 1.82) is 0 Å². The van der Waals surface area contributed by atoms with Crippen LogP contribution in [0.5, 0.6) is 0 Å². The topological polar surface area (TPSA) is 119 Å². The molecule has 3 unspecified atom stereocenters. The van der Waals surface area contributed by atoms with E-state index < -0.39 is 30.6 Å². The van der Waals surface area contributed by atoms with Crippen molar-refractivity contribution >= 4 is 11.0 Å². The lowest BCUT2D eigenvalue weighted by Gasteiger charge is -2.47. The fraction of sp³-hybridized carbons (Fsp3) is 0.579. The molecule has 0 radical (unpaired) electrons. The minimum Gasteiger partial charge on any atom is -0.396 e. The summed E-state index contributed by atoms with van der Waals surface area (Å²) in [5, 5.41) is 39.8. The highest BCUT2D eigenvalue weighted by molar-refractivity contribution is 5.77. The van der Waals surface area contributed by atoms with Crippen LogP contribution in [-0.2, 0) is 4.74 Å². The quantitative estimate of drug-likeness (QED) is 0.557. The molecule has 3 aliphatic rings. The van der Waals surface area contributed by atoms with Crippen LogP contribution in [0.1, 0.15) is 29.4 Å². The summed E-state index contributed by atoms with van der Waals surface area (Å²) in [7, 11) is 0. The fourth-order valence-electron chi connectivity index (χ4n) is 5.01. The maximum atomic E-state index is 10.3. The Bertz CT molecular complexity index is 814. The van der Waals surface area contributed by atoms with Gasteiger partial charge in [-0.2, -0.15) is 0 Å². The van der Waals surface area contributed by atoms with Crippen LogP contribution in [0.15, 0.2) is 24.5 Å². The van der Waals surface area contributed by atoms with Crippen molar-refractivity contribution in [2.45, 2.75) is 43.0 Å². The Labute approximate surface area is 156 Å². The van der Waals surface area contributed by atoms with Gasteiger partial charge >= 0.3 is 0 Å². The third-order valence-corrected chi connectivity index (χ3v) is 6.33. The van der Waals surface area contributed by atoms with E-state index in [1.54, 1.807) is 12.4 Å². The van der Waals surface area contributed by atoms with Crippen LogP contribution in [0, 0.1) is 5.92 Å². The molecule has 27 heavy (non-hydrogen) atoms. The standard InChI is InChI=1S/C19H23N3O5/c23-8-13-16(24)17(25)19(26)27-18(13)22-6-9-3-10(7-22)12-5-15-14(4-11(9)12)20-1-2-21-15/h1-2,4-5,9-10,13,16-19,23-26H,3,6-8H2/t9?,10?,13-,16-,17+,18?,19+/m1/s1. The second kappa shape index (κ2) is 6.44. The van der Waals surface area contributed by atoms with Gasteiger partial charge in [0.2, 0.25) is 0 Å². The van der Waals surface area contributed by atoms with Crippen molar-refractivity contribution in [3.05, 3.63) is 35.7 Å². The summed E-state index contributed by atoms with van der Waals surface area (Å²) >= 11 is 0. The predicted molar refractivity (Wildman–Crippen MR) is 94.7 cm³/mol. The van der Waals surface area contributed by atoms with Crippen LogP contribution in [-0.4, -0.2) is 79.7 Å². The van der Waals surface area contributed by atoms with Crippen molar-refractivity contribution in [1.82, 2.24) is 14.9 Å². The molecule has 0 saturated carbocycles. The summed E-state index contributed by atoms with van der Waals surface area (Å²) in [5.41, 5.74) is 4.30. The highest BCUT2D eigenvalue weighted by Gasteiger charge is 2.49. The number of aromatic nitrogens is 2. The smallest absolute Gasteiger partial charge is 0.185 e. The Kier molecular flexibility index (Phi) is 4.15. The number of nitrogens with zero attached hydrogens (tertiary/aromatic N) is 3. The number of ether oxygens (including phenoxy) is 1. The van der Waals surface area contributed by atoms with Crippen molar-refractivity contribution in [3.63, 3.8) is 0 Å². The molecule has 2 bridgehead atoms. The number of piperidine rings is 1. The van der Waals surface area contributed by atoms with Gasteiger partial charge in [-0.1, -0.05) is 0 Å². The number of likely N-dealkylation sites (tertiary alicyclic amines) is 1. The number of benzene rings is 1. The minimum atomic E-state index is -1.47. The van der Waals surface area contributed by atoms with Gasteiger partial charge in [-0.3, -0.25) is 14.9 Å². The normalized spacial score (nSPS) is 38.9. The molecule has 4 N–H and O–H groups in total. The van der Waals surface area contributed by atoms with Gasteiger partial charge in [0.1, 0.15) is 12.3 Å². The lowest BCUT2D eigenvalue weighted by atomic mass is 9.89. The first-order valence-electron chi connectivity index (χ1n) is 9.36. The van der Waals surface area contributed by atoms with Gasteiger partial charge in [-0.25, -0.2) is 0 Å². The molecule has 2 aromatic rings. The zero-order chi connectivity index (χ0) is 18.7. The molecule has 2 fully saturated rings. The average Bonchev–Trinajstić information content (AvgIpc) is 2.93. The van der Waals surface area contributed by atoms with Gasteiger partial charge in [0.05, 0.1) is 29.7 Å². The van der Waals surface area contributed by atoms with E-state index in [1.165, 1.54) is 11.1 Å². The van der Waals surface area contributed by atoms with Crippen LogP contribution in [0.3, 0.4) is 0 Å². The van der Waals surface area contributed by atoms with E-state index in [1.807, 2.05) is 0 Å². The maximum Gasteiger partial charge on any atom is 0.185 e. The molecule has 7 atom stereocenters. The van der Waals surface area contributed by atoms with Crippen LogP contribution in [0.25, 0.3) is 11.0 Å². The monoisotopic (exact) mass is 373 g/mol. The number of hydrogen-bond acceptors (Lipinski definition) is 8. The van der Waals surface area contributed by atoms with Crippen LogP contribution < -0.4 is 0 Å². The highest BCUT2D eigenvalue weighted by Crippen LogP contribution is 2.48. The van der Waals surface area contributed by atoms with Crippen LogP contribution in [0.4, 0.5) is 0 Å². The molecule has 144 valence electrons. The maximum absolute atomic E-state index is 10.3. The van der Waals surface area contributed by atoms with Gasteiger partial charge in [-0.05, 0) is 41.5 Å². The molecule has 5 rings (SSSR count). The molecule has 0 spiro atoms. The Hall–Kier alpha value is -1.68. The molecule has 1 aromatic heterocycles. The van der Waals surface area contributed by atoms with E-state index in [0.717, 1.165) is 17.5 Å². The van der Waals surface area contributed by atoms with E-state index in [-0.39, 0.29) is 6.61 Å². The lowest BCUT2D eigenvalue weighted by Crippen LogP contribution is -2.61. The zero-order valence-electron chi connectivity index (χ0n) is 14.7. The van der Waals surface area contributed by atoms with Gasteiger partial charge in [-0.15, -0.1) is 0 Å². The van der Waals surface area contributed by atoms with Gasteiger partial charge in [0.25, 0.3) is 0 Å². The van der Waals surface area contributed by atoms with E-state index in [9.17, 15) is 20.4 Å². The SMILES string of the molecule is OC[C@H]1C(N2CC3CC(C2)c2cc4nccnc4cc23)O[C@H](O)[C@@H](O)[C@@H]1O. The average molecular weight is 373 g/mol. The first kappa shape index (κ1) is 17.4. The van der Waals surface area contributed by atoms with Gasteiger partial charge in [0.15, 0.2) is 6.29 Å². The molecule has 2 aliphatic heterocycles. The first-order valence-corrected chi connectivity index (χ1v) is 9.36. The number of fused-ring (bicyclic) bond motifs is 6. The molecule has 3 heterocycles. The summed E-state index contributed by atoms with van der Waals surface area (Å²) in [5.74, 6) is -0.0742. The summed E-state index contributed by atoms with van der Waals surface area (Å²) in [4.78, 5) is 10.9. The second-order valence-corrected chi connectivity index (χ2v) is 7.85. The van der Waals surface area contributed by atoms with E-state index in [0.29, 0.717) is 24.9 Å². The third kappa shape index (κ3) is 2.67. The molecule has 1 aliphatic carbocycles. The predicted octanol–water partition coefficient (Wildman–Crippen LogP) is -0.479. The molecule has 8 heteroatoms. The summed E-state index contributed by atoms with van der Waals surface area (Å²) < 4.78 is 5.60. The summed E-state index contributed by atoms with van der Waals surface area (Å²) in [6, 6.07) is 4.23. The number of aliphatic hydroxyl groups is 4. The van der Waals surface area contributed by atoms with Crippen LogP contribution >= 0.6 is 0 Å². The molecule has 2 saturated heterocycles. The largest absolute Gasteiger partial charge is 0.396 e. The molecule has 0 amide bonds. The van der Waals surface area contributed by atoms with Crippen molar-refractivity contribution in [2.24, 2.45) is 5.92 Å². The molecular formula is C19H23N3O5. The number of hydrogen-bond donors (Lipinski definition) is 4. The van der Waals surface area contributed by atoms with Crippen LogP contribution in [0.2, 0.25) is 0 Å². The lowest BCUT2D eigenvalue weighted by molar-refractivity contribution is -0.304.